The van der Waals surface area contributed by atoms with Gasteiger partial charge in [0.25, 0.3) is 0 Å². The third kappa shape index (κ3) is 3.45. The predicted molar refractivity (Wildman–Crippen MR) is 76.1 cm³/mol. The average molecular weight is 240 g/mol. The number of nitrogens with two attached hydrogens (primary N) is 1. The van der Waals surface area contributed by atoms with E-state index in [-0.39, 0.29) is 0 Å². The first-order chi connectivity index (χ1) is 7.88. The van der Waals surface area contributed by atoms with Crippen molar-refractivity contribution in [1.29, 1.82) is 0 Å². The zero-order chi connectivity index (χ0) is 13.1. The summed E-state index contributed by atoms with van der Waals surface area (Å²) < 4.78 is 0. The molecule has 102 valence electrons. The highest BCUT2D eigenvalue weighted by Gasteiger charge is 2.36. The van der Waals surface area contributed by atoms with Gasteiger partial charge in [-0.1, -0.05) is 47.5 Å². The Labute approximate surface area is 108 Å². The molecule has 0 aromatic heterocycles. The Kier molecular flexibility index (Phi) is 5.03. The van der Waals surface area contributed by atoms with E-state index < -0.39 is 0 Å². The Balaban J connectivity index is 2.62. The summed E-state index contributed by atoms with van der Waals surface area (Å²) in [7, 11) is 0. The zero-order valence-electron chi connectivity index (χ0n) is 12.6. The standard InChI is InChI=1S/C15H32N2/c1-6-15(7-2)8-10-17(11-9-15)13(12-16)14(3,4)5/h13H,6-12,16H2,1-5H3. The van der Waals surface area contributed by atoms with Crippen LogP contribution in [0.3, 0.4) is 0 Å². The smallest absolute Gasteiger partial charge is 0.0266 e. The zero-order valence-corrected chi connectivity index (χ0v) is 12.6. The molecule has 2 nitrogen and oxygen atoms in total. The van der Waals surface area contributed by atoms with Gasteiger partial charge in [-0.2, -0.15) is 0 Å². The van der Waals surface area contributed by atoms with E-state index in [4.69, 9.17) is 5.73 Å². The monoisotopic (exact) mass is 240 g/mol. The minimum atomic E-state index is 0.299. The fourth-order valence-corrected chi connectivity index (χ4v) is 3.32. The van der Waals surface area contributed by atoms with Crippen molar-refractivity contribution < 1.29 is 0 Å². The number of nitrogens with zero attached hydrogens (tertiary/aromatic N) is 1. The minimum Gasteiger partial charge on any atom is -0.329 e. The third-order valence-electron chi connectivity index (χ3n) is 5.02. The summed E-state index contributed by atoms with van der Waals surface area (Å²) in [6.45, 7) is 14.9. The second-order valence-electron chi connectivity index (χ2n) is 6.86. The van der Waals surface area contributed by atoms with Crippen molar-refractivity contribution >= 4 is 0 Å². The highest BCUT2D eigenvalue weighted by atomic mass is 15.2. The van der Waals surface area contributed by atoms with Crippen LogP contribution in [-0.2, 0) is 0 Å². The summed E-state index contributed by atoms with van der Waals surface area (Å²) in [6, 6.07) is 0.536. The maximum Gasteiger partial charge on any atom is 0.0266 e. The molecule has 1 aliphatic heterocycles. The molecule has 0 aromatic carbocycles. The molecule has 0 saturated carbocycles. The molecule has 17 heavy (non-hydrogen) atoms. The number of hydrogen-bond acceptors (Lipinski definition) is 2. The molecule has 2 heteroatoms. The lowest BCUT2D eigenvalue weighted by molar-refractivity contribution is 0.0295. The van der Waals surface area contributed by atoms with Gasteiger partial charge in [-0.25, -0.2) is 0 Å². The summed E-state index contributed by atoms with van der Waals surface area (Å²) in [4.78, 5) is 2.63. The van der Waals surface area contributed by atoms with Gasteiger partial charge < -0.3 is 5.73 Å². The molecule has 1 saturated heterocycles. The van der Waals surface area contributed by atoms with Gasteiger partial charge in [-0.05, 0) is 36.8 Å². The lowest BCUT2D eigenvalue weighted by Gasteiger charge is -2.47. The van der Waals surface area contributed by atoms with Crippen molar-refractivity contribution in [1.82, 2.24) is 4.90 Å². The van der Waals surface area contributed by atoms with E-state index in [1.807, 2.05) is 0 Å². The molecule has 0 radical (unpaired) electrons. The van der Waals surface area contributed by atoms with Gasteiger partial charge in [0.2, 0.25) is 0 Å². The lowest BCUT2D eigenvalue weighted by atomic mass is 9.73. The van der Waals surface area contributed by atoms with Crippen LogP contribution in [-0.4, -0.2) is 30.6 Å². The first-order valence-corrected chi connectivity index (χ1v) is 7.32. The molecule has 1 atom stereocenters. The quantitative estimate of drug-likeness (QED) is 0.817. The molecule has 1 aliphatic rings. The molecule has 0 aromatic rings. The molecule has 0 bridgehead atoms. The molecule has 1 rings (SSSR count). The molecule has 1 heterocycles. The second kappa shape index (κ2) is 5.71. The van der Waals surface area contributed by atoms with Crippen LogP contribution in [0.25, 0.3) is 0 Å². The van der Waals surface area contributed by atoms with Crippen molar-refractivity contribution in [2.24, 2.45) is 16.6 Å². The number of likely N-dealkylation sites (tertiary alicyclic amines) is 1. The van der Waals surface area contributed by atoms with Crippen LogP contribution in [0.15, 0.2) is 0 Å². The molecule has 0 spiro atoms. The summed E-state index contributed by atoms with van der Waals surface area (Å²) in [5.74, 6) is 0. The summed E-state index contributed by atoms with van der Waals surface area (Å²) >= 11 is 0. The summed E-state index contributed by atoms with van der Waals surface area (Å²) in [5, 5.41) is 0. The number of piperidine rings is 1. The Hall–Kier alpha value is -0.0800. The van der Waals surface area contributed by atoms with Gasteiger partial charge in [0.05, 0.1) is 0 Å². The van der Waals surface area contributed by atoms with Gasteiger partial charge in [0.1, 0.15) is 0 Å². The van der Waals surface area contributed by atoms with Crippen molar-refractivity contribution in [3.05, 3.63) is 0 Å². The molecular formula is C15H32N2. The van der Waals surface area contributed by atoms with Gasteiger partial charge >= 0.3 is 0 Å². The Morgan fingerprint density at radius 2 is 1.59 bits per heavy atom. The SMILES string of the molecule is CCC1(CC)CCN(C(CN)C(C)(C)C)CC1. The molecule has 1 fully saturated rings. The van der Waals surface area contributed by atoms with Crippen LogP contribution in [0, 0.1) is 10.8 Å². The Morgan fingerprint density at radius 3 is 1.88 bits per heavy atom. The van der Waals surface area contributed by atoms with Gasteiger partial charge in [0, 0.05) is 12.6 Å². The molecular weight excluding hydrogens is 208 g/mol. The van der Waals surface area contributed by atoms with E-state index in [0.717, 1.165) is 6.54 Å². The van der Waals surface area contributed by atoms with Crippen molar-refractivity contribution in [3.63, 3.8) is 0 Å². The molecule has 2 N–H and O–H groups in total. The van der Waals surface area contributed by atoms with Crippen molar-refractivity contribution in [3.8, 4) is 0 Å². The summed E-state index contributed by atoms with van der Waals surface area (Å²) in [5.41, 5.74) is 6.90. The normalized spacial score (nSPS) is 23.6. The van der Waals surface area contributed by atoms with E-state index in [0.29, 0.717) is 16.9 Å². The fraction of sp³-hybridized carbons (Fsp3) is 1.00. The van der Waals surface area contributed by atoms with E-state index in [1.165, 1.54) is 38.8 Å². The highest BCUT2D eigenvalue weighted by Crippen LogP contribution is 2.39. The predicted octanol–water partition coefficient (Wildman–Crippen LogP) is 3.26. The van der Waals surface area contributed by atoms with E-state index in [9.17, 15) is 0 Å². The largest absolute Gasteiger partial charge is 0.329 e. The average Bonchev–Trinajstić information content (AvgIpc) is 2.29. The molecule has 1 unspecified atom stereocenters. The van der Waals surface area contributed by atoms with E-state index in [1.54, 1.807) is 0 Å². The van der Waals surface area contributed by atoms with Crippen molar-refractivity contribution in [2.45, 2.75) is 66.3 Å². The van der Waals surface area contributed by atoms with Gasteiger partial charge in [-0.15, -0.1) is 0 Å². The van der Waals surface area contributed by atoms with Crippen molar-refractivity contribution in [2.75, 3.05) is 19.6 Å². The van der Waals surface area contributed by atoms with E-state index >= 15 is 0 Å². The van der Waals surface area contributed by atoms with Gasteiger partial charge in [0.15, 0.2) is 0 Å². The Bertz CT molecular complexity index is 216. The summed E-state index contributed by atoms with van der Waals surface area (Å²) in [6.07, 6.45) is 5.37. The van der Waals surface area contributed by atoms with E-state index in [2.05, 4.69) is 39.5 Å². The van der Waals surface area contributed by atoms with Crippen LogP contribution in [0.4, 0.5) is 0 Å². The van der Waals surface area contributed by atoms with Crippen LogP contribution >= 0.6 is 0 Å². The van der Waals surface area contributed by atoms with Crippen LogP contribution in [0.5, 0.6) is 0 Å². The third-order valence-corrected chi connectivity index (χ3v) is 5.02. The first-order valence-electron chi connectivity index (χ1n) is 7.32. The lowest BCUT2D eigenvalue weighted by Crippen LogP contribution is -2.53. The second-order valence-corrected chi connectivity index (χ2v) is 6.86. The van der Waals surface area contributed by atoms with Crippen LogP contribution in [0.1, 0.15) is 60.3 Å². The van der Waals surface area contributed by atoms with Crippen LogP contribution < -0.4 is 5.73 Å². The number of rotatable bonds is 4. The Morgan fingerprint density at radius 1 is 1.12 bits per heavy atom. The first kappa shape index (κ1) is 15.0. The fourth-order valence-electron chi connectivity index (χ4n) is 3.32. The highest BCUT2D eigenvalue weighted by molar-refractivity contribution is 4.90. The molecule has 0 amide bonds. The van der Waals surface area contributed by atoms with Crippen LogP contribution in [0.2, 0.25) is 0 Å². The minimum absolute atomic E-state index is 0.299. The maximum atomic E-state index is 5.98. The molecule has 0 aliphatic carbocycles. The number of hydrogen-bond donors (Lipinski definition) is 1. The van der Waals surface area contributed by atoms with Gasteiger partial charge in [-0.3, -0.25) is 4.90 Å². The maximum absolute atomic E-state index is 5.98. The topological polar surface area (TPSA) is 29.3 Å².